The Labute approximate surface area is 105 Å². The molecular formula is C11H17N5O2. The highest BCUT2D eigenvalue weighted by molar-refractivity contribution is 5.96. The van der Waals surface area contributed by atoms with Crippen LogP contribution in [-0.4, -0.2) is 35.0 Å². The van der Waals surface area contributed by atoms with E-state index in [9.17, 15) is 4.79 Å². The van der Waals surface area contributed by atoms with Gasteiger partial charge in [-0.05, 0) is 18.6 Å². The van der Waals surface area contributed by atoms with Crippen molar-refractivity contribution in [2.45, 2.75) is 19.5 Å². The Balaban J connectivity index is 2.76. The lowest BCUT2D eigenvalue weighted by Gasteiger charge is -2.13. The van der Waals surface area contributed by atoms with E-state index >= 15 is 0 Å². The number of carbonyl (C=O) groups is 1. The van der Waals surface area contributed by atoms with Crippen molar-refractivity contribution in [2.24, 2.45) is 10.9 Å². The van der Waals surface area contributed by atoms with Crippen LogP contribution in [0.15, 0.2) is 23.5 Å². The van der Waals surface area contributed by atoms with Crippen LogP contribution in [0.5, 0.6) is 0 Å². The maximum absolute atomic E-state index is 11.3. The van der Waals surface area contributed by atoms with E-state index in [1.165, 1.54) is 0 Å². The first-order chi connectivity index (χ1) is 8.60. The number of oxime groups is 1. The summed E-state index contributed by atoms with van der Waals surface area (Å²) in [6.07, 6.45) is 1.55. The number of nitrogens with zero attached hydrogens (tertiary/aromatic N) is 2. The molecule has 0 aromatic carbocycles. The minimum atomic E-state index is -0.338. The van der Waals surface area contributed by atoms with Crippen LogP contribution >= 0.6 is 0 Å². The number of rotatable bonds is 5. The van der Waals surface area contributed by atoms with Crippen molar-refractivity contribution in [3.05, 3.63) is 29.6 Å². The Bertz CT molecular complexity index is 447. The maximum atomic E-state index is 11.3. The third kappa shape index (κ3) is 3.42. The molecule has 18 heavy (non-hydrogen) atoms. The maximum Gasteiger partial charge on any atom is 0.236 e. The third-order valence-corrected chi connectivity index (χ3v) is 2.48. The molecule has 0 radical (unpaired) electrons. The SMILES string of the molecule is CNC(=O)C(C)NCc1cccnc1C(N)=NO. The lowest BCUT2D eigenvalue weighted by Crippen LogP contribution is -2.40. The predicted octanol–water partition coefficient (Wildman–Crippen LogP) is -0.600. The Kier molecular flexibility index (Phi) is 5.06. The summed E-state index contributed by atoms with van der Waals surface area (Å²) in [6.45, 7) is 2.15. The number of aromatic nitrogens is 1. The standard InChI is InChI=1S/C11H17N5O2/c1-7(11(17)13-2)15-6-8-4-3-5-14-9(8)10(12)16-18/h3-5,7,15,18H,6H2,1-2H3,(H2,12,16)(H,13,17). The Hall–Kier alpha value is -2.15. The number of likely N-dealkylation sites (N-methyl/N-ethyl adjacent to an activating group) is 1. The van der Waals surface area contributed by atoms with Crippen LogP contribution in [0.4, 0.5) is 0 Å². The smallest absolute Gasteiger partial charge is 0.236 e. The van der Waals surface area contributed by atoms with Crippen molar-refractivity contribution in [3.63, 3.8) is 0 Å². The molecule has 1 aromatic rings. The molecule has 0 saturated heterocycles. The quantitative estimate of drug-likeness (QED) is 0.241. The van der Waals surface area contributed by atoms with Crippen molar-refractivity contribution in [1.29, 1.82) is 0 Å². The summed E-state index contributed by atoms with van der Waals surface area (Å²) < 4.78 is 0. The van der Waals surface area contributed by atoms with E-state index in [1.54, 1.807) is 32.3 Å². The van der Waals surface area contributed by atoms with Crippen LogP contribution in [0, 0.1) is 0 Å². The number of hydrogen-bond acceptors (Lipinski definition) is 5. The van der Waals surface area contributed by atoms with E-state index in [0.29, 0.717) is 12.2 Å². The zero-order chi connectivity index (χ0) is 13.5. The second-order valence-electron chi connectivity index (χ2n) is 3.71. The van der Waals surface area contributed by atoms with Crippen LogP contribution in [0.1, 0.15) is 18.2 Å². The van der Waals surface area contributed by atoms with Gasteiger partial charge in [0.15, 0.2) is 5.84 Å². The van der Waals surface area contributed by atoms with Gasteiger partial charge in [0.25, 0.3) is 0 Å². The van der Waals surface area contributed by atoms with Crippen molar-refractivity contribution in [3.8, 4) is 0 Å². The molecule has 1 unspecified atom stereocenters. The largest absolute Gasteiger partial charge is 0.409 e. The first kappa shape index (κ1) is 13.9. The van der Waals surface area contributed by atoms with Crippen molar-refractivity contribution in [1.82, 2.24) is 15.6 Å². The highest BCUT2D eigenvalue weighted by Crippen LogP contribution is 2.05. The number of amides is 1. The van der Waals surface area contributed by atoms with E-state index in [2.05, 4.69) is 20.8 Å². The number of nitrogens with one attached hydrogen (secondary N) is 2. The van der Waals surface area contributed by atoms with Gasteiger partial charge in [0.2, 0.25) is 5.91 Å². The second-order valence-corrected chi connectivity index (χ2v) is 3.71. The third-order valence-electron chi connectivity index (χ3n) is 2.48. The summed E-state index contributed by atoms with van der Waals surface area (Å²) in [5.41, 5.74) is 6.67. The fraction of sp³-hybridized carbons (Fsp3) is 0.364. The molecule has 0 saturated carbocycles. The van der Waals surface area contributed by atoms with E-state index in [4.69, 9.17) is 10.9 Å². The van der Waals surface area contributed by atoms with Gasteiger partial charge < -0.3 is 21.6 Å². The predicted molar refractivity (Wildman–Crippen MR) is 67.1 cm³/mol. The molecule has 5 N–H and O–H groups in total. The fourth-order valence-corrected chi connectivity index (χ4v) is 1.43. The molecule has 7 nitrogen and oxygen atoms in total. The van der Waals surface area contributed by atoms with E-state index in [0.717, 1.165) is 5.56 Å². The Morgan fingerprint density at radius 1 is 1.67 bits per heavy atom. The summed E-state index contributed by atoms with van der Waals surface area (Å²) in [5.74, 6) is -0.163. The highest BCUT2D eigenvalue weighted by Gasteiger charge is 2.12. The molecule has 1 atom stereocenters. The lowest BCUT2D eigenvalue weighted by atomic mass is 10.1. The van der Waals surface area contributed by atoms with Gasteiger partial charge in [0.1, 0.15) is 5.69 Å². The summed E-state index contributed by atoms with van der Waals surface area (Å²) in [4.78, 5) is 15.4. The average molecular weight is 251 g/mol. The van der Waals surface area contributed by atoms with E-state index in [-0.39, 0.29) is 17.8 Å². The Morgan fingerprint density at radius 3 is 3.00 bits per heavy atom. The molecule has 0 aliphatic carbocycles. The van der Waals surface area contributed by atoms with Crippen LogP contribution in [0.2, 0.25) is 0 Å². The molecule has 0 fully saturated rings. The molecule has 0 spiro atoms. The van der Waals surface area contributed by atoms with Gasteiger partial charge in [-0.15, -0.1) is 0 Å². The minimum Gasteiger partial charge on any atom is -0.409 e. The Morgan fingerprint density at radius 2 is 2.39 bits per heavy atom. The molecule has 1 amide bonds. The summed E-state index contributed by atoms with van der Waals surface area (Å²) in [5, 5.41) is 17.1. The van der Waals surface area contributed by atoms with Gasteiger partial charge in [-0.25, -0.2) is 0 Å². The van der Waals surface area contributed by atoms with Crippen molar-refractivity contribution < 1.29 is 10.0 Å². The normalized spacial score (nSPS) is 13.1. The monoisotopic (exact) mass is 251 g/mol. The number of pyridine rings is 1. The van der Waals surface area contributed by atoms with Gasteiger partial charge >= 0.3 is 0 Å². The minimum absolute atomic E-state index is 0.0556. The summed E-state index contributed by atoms with van der Waals surface area (Å²) in [6, 6.07) is 3.20. The van der Waals surface area contributed by atoms with Gasteiger partial charge in [0.05, 0.1) is 6.04 Å². The summed E-state index contributed by atoms with van der Waals surface area (Å²) in [7, 11) is 1.58. The average Bonchev–Trinajstić information content (AvgIpc) is 2.43. The first-order valence-electron chi connectivity index (χ1n) is 5.47. The van der Waals surface area contributed by atoms with E-state index in [1.807, 2.05) is 0 Å². The van der Waals surface area contributed by atoms with Gasteiger partial charge in [-0.3, -0.25) is 9.78 Å². The molecule has 1 rings (SSSR count). The molecular weight excluding hydrogens is 234 g/mol. The zero-order valence-corrected chi connectivity index (χ0v) is 10.3. The topological polar surface area (TPSA) is 113 Å². The second kappa shape index (κ2) is 6.55. The molecule has 0 aliphatic heterocycles. The van der Waals surface area contributed by atoms with Gasteiger partial charge in [0, 0.05) is 19.8 Å². The van der Waals surface area contributed by atoms with Crippen LogP contribution in [0.25, 0.3) is 0 Å². The lowest BCUT2D eigenvalue weighted by molar-refractivity contribution is -0.122. The molecule has 1 heterocycles. The van der Waals surface area contributed by atoms with Crippen LogP contribution < -0.4 is 16.4 Å². The number of nitrogens with two attached hydrogens (primary N) is 1. The molecule has 7 heteroatoms. The molecule has 0 bridgehead atoms. The van der Waals surface area contributed by atoms with E-state index < -0.39 is 0 Å². The van der Waals surface area contributed by atoms with Gasteiger partial charge in [-0.1, -0.05) is 11.2 Å². The molecule has 1 aromatic heterocycles. The number of carbonyl (C=O) groups excluding carboxylic acids is 1. The molecule has 98 valence electrons. The highest BCUT2D eigenvalue weighted by atomic mass is 16.4. The number of amidine groups is 1. The van der Waals surface area contributed by atoms with Crippen LogP contribution in [-0.2, 0) is 11.3 Å². The van der Waals surface area contributed by atoms with Crippen LogP contribution in [0.3, 0.4) is 0 Å². The summed E-state index contributed by atoms with van der Waals surface area (Å²) >= 11 is 0. The van der Waals surface area contributed by atoms with Gasteiger partial charge in [-0.2, -0.15) is 0 Å². The first-order valence-corrected chi connectivity index (χ1v) is 5.47. The van der Waals surface area contributed by atoms with Crippen molar-refractivity contribution >= 4 is 11.7 Å². The fourth-order valence-electron chi connectivity index (χ4n) is 1.43. The molecule has 0 aliphatic rings. The van der Waals surface area contributed by atoms with Crippen molar-refractivity contribution in [2.75, 3.05) is 7.05 Å². The number of hydrogen-bond donors (Lipinski definition) is 4. The zero-order valence-electron chi connectivity index (χ0n) is 10.3.